The second-order valence-electron chi connectivity index (χ2n) is 5.80. The number of sulfonamides is 1. The molecule has 128 valence electrons. The van der Waals surface area contributed by atoms with Crippen molar-refractivity contribution in [3.63, 3.8) is 0 Å². The second-order valence-corrected chi connectivity index (χ2v) is 7.71. The zero-order valence-electron chi connectivity index (χ0n) is 13.0. The lowest BCUT2D eigenvalue weighted by atomic mass is 9.98. The molecule has 2 aromatic rings. The number of nitro benzene ring substituents is 1. The van der Waals surface area contributed by atoms with E-state index in [1.54, 1.807) is 6.20 Å². The Bertz CT molecular complexity index is 812. The van der Waals surface area contributed by atoms with Gasteiger partial charge in [0.2, 0.25) is 10.0 Å². The molecule has 0 aliphatic carbocycles. The Morgan fingerprint density at radius 3 is 2.54 bits per heavy atom. The van der Waals surface area contributed by atoms with Gasteiger partial charge < -0.3 is 0 Å². The smallest absolute Gasteiger partial charge is 0.272 e. The molecular formula is C15H18N4O4S. The van der Waals surface area contributed by atoms with Crippen molar-refractivity contribution in [2.45, 2.75) is 24.3 Å². The van der Waals surface area contributed by atoms with E-state index in [0.717, 1.165) is 6.54 Å². The van der Waals surface area contributed by atoms with Crippen LogP contribution >= 0.6 is 0 Å². The summed E-state index contributed by atoms with van der Waals surface area (Å²) in [5.41, 5.74) is -0.379. The van der Waals surface area contributed by atoms with Gasteiger partial charge >= 0.3 is 0 Å². The molecule has 1 aliphatic heterocycles. The lowest BCUT2D eigenvalue weighted by Crippen LogP contribution is -2.39. The van der Waals surface area contributed by atoms with Gasteiger partial charge in [-0.2, -0.15) is 9.40 Å². The molecule has 0 amide bonds. The molecule has 2 heterocycles. The zero-order valence-corrected chi connectivity index (χ0v) is 13.8. The lowest BCUT2D eigenvalue weighted by Gasteiger charge is -2.31. The molecule has 0 saturated carbocycles. The summed E-state index contributed by atoms with van der Waals surface area (Å²) in [6.07, 6.45) is 5.02. The maximum atomic E-state index is 12.7. The van der Waals surface area contributed by atoms with Crippen LogP contribution in [0.4, 0.5) is 5.69 Å². The van der Waals surface area contributed by atoms with Crippen molar-refractivity contribution in [3.8, 4) is 0 Å². The van der Waals surface area contributed by atoms with Crippen molar-refractivity contribution in [2.75, 3.05) is 13.1 Å². The van der Waals surface area contributed by atoms with Crippen LogP contribution in [0.2, 0.25) is 0 Å². The van der Waals surface area contributed by atoms with Crippen molar-refractivity contribution < 1.29 is 13.3 Å². The molecule has 3 rings (SSSR count). The first-order valence-electron chi connectivity index (χ1n) is 7.69. The van der Waals surface area contributed by atoms with E-state index < -0.39 is 14.9 Å². The molecule has 1 fully saturated rings. The number of para-hydroxylation sites is 1. The van der Waals surface area contributed by atoms with Crippen LogP contribution in [0.5, 0.6) is 0 Å². The Kier molecular flexibility index (Phi) is 4.63. The minimum atomic E-state index is -3.85. The summed E-state index contributed by atoms with van der Waals surface area (Å²) in [4.78, 5) is 10.2. The molecule has 0 unspecified atom stereocenters. The average Bonchev–Trinajstić information content (AvgIpc) is 3.08. The van der Waals surface area contributed by atoms with Crippen LogP contribution < -0.4 is 0 Å². The van der Waals surface area contributed by atoms with E-state index >= 15 is 0 Å². The minimum Gasteiger partial charge on any atom is -0.272 e. The topological polar surface area (TPSA) is 98.3 Å². The number of nitro groups is 1. The van der Waals surface area contributed by atoms with Gasteiger partial charge in [-0.25, -0.2) is 8.42 Å². The molecule has 8 nitrogen and oxygen atoms in total. The van der Waals surface area contributed by atoms with Crippen LogP contribution in [0.1, 0.15) is 12.8 Å². The first kappa shape index (κ1) is 16.6. The highest BCUT2D eigenvalue weighted by molar-refractivity contribution is 7.89. The molecule has 0 bridgehead atoms. The quantitative estimate of drug-likeness (QED) is 0.606. The SMILES string of the molecule is O=[N+]([O-])c1ccccc1S(=O)(=O)N1CCC(Cn2cccn2)CC1. The fourth-order valence-electron chi connectivity index (χ4n) is 2.97. The van der Waals surface area contributed by atoms with Crippen molar-refractivity contribution in [1.82, 2.24) is 14.1 Å². The molecule has 0 N–H and O–H groups in total. The van der Waals surface area contributed by atoms with Crippen LogP contribution in [-0.2, 0) is 16.6 Å². The Labute approximate surface area is 139 Å². The molecule has 0 spiro atoms. The summed E-state index contributed by atoms with van der Waals surface area (Å²) in [7, 11) is -3.85. The first-order chi connectivity index (χ1) is 11.5. The highest BCUT2D eigenvalue weighted by Gasteiger charge is 2.33. The van der Waals surface area contributed by atoms with E-state index in [9.17, 15) is 18.5 Å². The standard InChI is InChI=1S/C15H18N4O4S/c20-19(21)14-4-1-2-5-15(14)24(22,23)18-10-6-13(7-11-18)12-17-9-3-8-16-17/h1-5,8-9,13H,6-7,10-12H2. The highest BCUT2D eigenvalue weighted by Crippen LogP contribution is 2.29. The molecule has 1 aromatic carbocycles. The van der Waals surface area contributed by atoms with Crippen molar-refractivity contribution in [2.24, 2.45) is 5.92 Å². The molecule has 1 aromatic heterocycles. The third kappa shape index (κ3) is 3.31. The number of piperidine rings is 1. The number of aromatic nitrogens is 2. The van der Waals surface area contributed by atoms with Crippen LogP contribution in [0.15, 0.2) is 47.6 Å². The number of hydrogen-bond donors (Lipinski definition) is 0. The summed E-state index contributed by atoms with van der Waals surface area (Å²) in [5.74, 6) is 0.349. The molecule has 0 atom stereocenters. The Morgan fingerprint density at radius 1 is 1.21 bits per heavy atom. The normalized spacial score (nSPS) is 17.0. The van der Waals surface area contributed by atoms with Gasteiger partial charge in [-0.3, -0.25) is 14.8 Å². The van der Waals surface area contributed by atoms with Gasteiger partial charge in [0.15, 0.2) is 4.90 Å². The fraction of sp³-hybridized carbons (Fsp3) is 0.400. The average molecular weight is 350 g/mol. The van der Waals surface area contributed by atoms with E-state index in [1.807, 2.05) is 16.9 Å². The summed E-state index contributed by atoms with van der Waals surface area (Å²) in [6, 6.07) is 7.34. The summed E-state index contributed by atoms with van der Waals surface area (Å²) in [5, 5.41) is 15.3. The van der Waals surface area contributed by atoms with E-state index in [0.29, 0.717) is 31.8 Å². The van der Waals surface area contributed by atoms with Gasteiger partial charge in [-0.1, -0.05) is 12.1 Å². The van der Waals surface area contributed by atoms with Crippen LogP contribution in [0.3, 0.4) is 0 Å². The summed E-state index contributed by atoms with van der Waals surface area (Å²) in [6.45, 7) is 1.48. The van der Waals surface area contributed by atoms with Crippen molar-refractivity contribution >= 4 is 15.7 Å². The number of rotatable bonds is 5. The van der Waals surface area contributed by atoms with Gasteiger partial charge in [-0.15, -0.1) is 0 Å². The van der Waals surface area contributed by atoms with Crippen molar-refractivity contribution in [1.29, 1.82) is 0 Å². The molecule has 1 saturated heterocycles. The molecule has 24 heavy (non-hydrogen) atoms. The van der Waals surface area contributed by atoms with E-state index in [-0.39, 0.29) is 10.6 Å². The molecule has 9 heteroatoms. The Morgan fingerprint density at radius 2 is 1.92 bits per heavy atom. The van der Waals surface area contributed by atoms with Crippen LogP contribution in [0.25, 0.3) is 0 Å². The predicted molar refractivity (Wildman–Crippen MR) is 86.8 cm³/mol. The molecular weight excluding hydrogens is 332 g/mol. The summed E-state index contributed by atoms with van der Waals surface area (Å²) < 4.78 is 28.7. The zero-order chi connectivity index (χ0) is 17.2. The van der Waals surface area contributed by atoms with E-state index in [1.165, 1.54) is 28.6 Å². The highest BCUT2D eigenvalue weighted by atomic mass is 32.2. The van der Waals surface area contributed by atoms with Gasteiger partial charge in [0.25, 0.3) is 5.69 Å². The lowest BCUT2D eigenvalue weighted by molar-refractivity contribution is -0.387. The van der Waals surface area contributed by atoms with Crippen LogP contribution in [-0.4, -0.2) is 40.5 Å². The largest absolute Gasteiger partial charge is 0.289 e. The Balaban J connectivity index is 1.72. The van der Waals surface area contributed by atoms with Gasteiger partial charge in [-0.05, 0) is 30.9 Å². The number of benzene rings is 1. The summed E-state index contributed by atoms with van der Waals surface area (Å²) >= 11 is 0. The first-order valence-corrected chi connectivity index (χ1v) is 9.13. The van der Waals surface area contributed by atoms with Gasteiger partial charge in [0.1, 0.15) is 0 Å². The number of nitrogens with zero attached hydrogens (tertiary/aromatic N) is 4. The maximum absolute atomic E-state index is 12.7. The predicted octanol–water partition coefficient (Wildman–Crippen LogP) is 1.89. The monoisotopic (exact) mass is 350 g/mol. The van der Waals surface area contributed by atoms with Gasteiger partial charge in [0, 0.05) is 38.1 Å². The van der Waals surface area contributed by atoms with E-state index in [4.69, 9.17) is 0 Å². The van der Waals surface area contributed by atoms with Gasteiger partial charge in [0.05, 0.1) is 4.92 Å². The fourth-order valence-corrected chi connectivity index (χ4v) is 4.60. The minimum absolute atomic E-state index is 0.236. The maximum Gasteiger partial charge on any atom is 0.289 e. The number of hydrogen-bond acceptors (Lipinski definition) is 5. The molecule has 0 radical (unpaired) electrons. The second kappa shape index (κ2) is 6.70. The molecule has 1 aliphatic rings. The third-order valence-electron chi connectivity index (χ3n) is 4.26. The van der Waals surface area contributed by atoms with E-state index in [2.05, 4.69) is 5.10 Å². The van der Waals surface area contributed by atoms with Crippen LogP contribution in [0, 0.1) is 16.0 Å². The Hall–Kier alpha value is -2.26. The third-order valence-corrected chi connectivity index (χ3v) is 6.20. The van der Waals surface area contributed by atoms with Crippen molar-refractivity contribution in [3.05, 3.63) is 52.8 Å².